The van der Waals surface area contributed by atoms with E-state index >= 15 is 0 Å². The van der Waals surface area contributed by atoms with Crippen LogP contribution in [0.5, 0.6) is 5.75 Å². The van der Waals surface area contributed by atoms with Crippen LogP contribution in [0.1, 0.15) is 30.7 Å². The van der Waals surface area contributed by atoms with E-state index in [1.807, 2.05) is 6.20 Å². The number of aromatic nitrogens is 1. The van der Waals surface area contributed by atoms with Crippen molar-refractivity contribution in [2.75, 3.05) is 19.8 Å². The maximum Gasteiger partial charge on any atom is 0.137 e. The van der Waals surface area contributed by atoms with Gasteiger partial charge in [-0.1, -0.05) is 0 Å². The van der Waals surface area contributed by atoms with Gasteiger partial charge in [-0.3, -0.25) is 9.37 Å². The summed E-state index contributed by atoms with van der Waals surface area (Å²) in [6.45, 7) is 1.60. The molecule has 3 atom stereocenters. The van der Waals surface area contributed by atoms with Gasteiger partial charge >= 0.3 is 0 Å². The number of hydrogen-bond donors (Lipinski definition) is 1. The van der Waals surface area contributed by atoms with Crippen molar-refractivity contribution in [2.45, 2.75) is 31.2 Å². The van der Waals surface area contributed by atoms with Crippen LogP contribution in [0, 0.1) is 5.92 Å². The molecular formula is C14H19FN2O. The number of nitrogens with one attached hydrogen (secondary N) is 1. The Kier molecular flexibility index (Phi) is 3.46. The van der Waals surface area contributed by atoms with E-state index < -0.39 is 0 Å². The zero-order valence-corrected chi connectivity index (χ0v) is 10.4. The molecule has 2 heterocycles. The molecule has 98 valence electrons. The highest BCUT2D eigenvalue weighted by Crippen LogP contribution is 2.49. The van der Waals surface area contributed by atoms with E-state index in [9.17, 15) is 4.39 Å². The summed E-state index contributed by atoms with van der Waals surface area (Å²) in [7, 11) is 0. The molecular weight excluding hydrogens is 231 g/mol. The standard InChI is InChI=1S/C14H19FN2O/c15-3-1-10-6-14(10)11-5-13(8-16-7-11)18-9-12-2-4-17-12/h5,7-8,10,12,14,17H,1-4,6,9H2/t10-,12+,14+/m1/s1. The minimum Gasteiger partial charge on any atom is -0.490 e. The lowest BCUT2D eigenvalue weighted by molar-refractivity contribution is 0.217. The van der Waals surface area contributed by atoms with Crippen LogP contribution in [0.4, 0.5) is 4.39 Å². The van der Waals surface area contributed by atoms with E-state index in [4.69, 9.17) is 4.74 Å². The maximum absolute atomic E-state index is 12.3. The van der Waals surface area contributed by atoms with E-state index in [0.717, 1.165) is 18.7 Å². The zero-order chi connectivity index (χ0) is 12.4. The molecule has 3 nitrogen and oxygen atoms in total. The quantitative estimate of drug-likeness (QED) is 0.841. The summed E-state index contributed by atoms with van der Waals surface area (Å²) in [5.41, 5.74) is 1.20. The smallest absolute Gasteiger partial charge is 0.137 e. The fraction of sp³-hybridized carbons (Fsp3) is 0.643. The van der Waals surface area contributed by atoms with Crippen LogP contribution < -0.4 is 10.1 Å². The first kappa shape index (κ1) is 11.9. The Balaban J connectivity index is 1.55. The Hall–Kier alpha value is -1.16. The summed E-state index contributed by atoms with van der Waals surface area (Å²) < 4.78 is 18.0. The second-order valence-corrected chi connectivity index (χ2v) is 5.28. The maximum atomic E-state index is 12.3. The second-order valence-electron chi connectivity index (χ2n) is 5.28. The molecule has 1 aliphatic carbocycles. The summed E-state index contributed by atoms with van der Waals surface area (Å²) in [6, 6.07) is 2.56. The van der Waals surface area contributed by atoms with Gasteiger partial charge in [0.05, 0.1) is 12.9 Å². The van der Waals surface area contributed by atoms with Crippen LogP contribution in [0.2, 0.25) is 0 Å². The summed E-state index contributed by atoms with van der Waals surface area (Å²) in [6.07, 6.45) is 6.61. The molecule has 1 N–H and O–H groups in total. The predicted molar refractivity (Wildman–Crippen MR) is 67.6 cm³/mol. The first-order valence-corrected chi connectivity index (χ1v) is 6.74. The van der Waals surface area contributed by atoms with E-state index in [2.05, 4.69) is 16.4 Å². The number of alkyl halides is 1. The monoisotopic (exact) mass is 250 g/mol. The number of ether oxygens (including phenoxy) is 1. The van der Waals surface area contributed by atoms with Crippen molar-refractivity contribution in [3.8, 4) is 5.75 Å². The third-order valence-electron chi connectivity index (χ3n) is 3.94. The molecule has 0 radical (unpaired) electrons. The number of rotatable bonds is 6. The van der Waals surface area contributed by atoms with Gasteiger partial charge in [0.25, 0.3) is 0 Å². The Bertz CT molecular complexity index is 409. The zero-order valence-electron chi connectivity index (χ0n) is 10.4. The highest BCUT2D eigenvalue weighted by molar-refractivity contribution is 5.30. The largest absolute Gasteiger partial charge is 0.490 e. The van der Waals surface area contributed by atoms with Crippen molar-refractivity contribution in [1.29, 1.82) is 0 Å². The number of hydrogen-bond acceptors (Lipinski definition) is 3. The molecule has 0 unspecified atom stereocenters. The van der Waals surface area contributed by atoms with E-state index in [1.165, 1.54) is 12.0 Å². The van der Waals surface area contributed by atoms with E-state index in [0.29, 0.717) is 30.9 Å². The fourth-order valence-corrected chi connectivity index (χ4v) is 2.52. The first-order valence-electron chi connectivity index (χ1n) is 6.74. The van der Waals surface area contributed by atoms with Crippen LogP contribution in [-0.2, 0) is 0 Å². The van der Waals surface area contributed by atoms with Crippen molar-refractivity contribution < 1.29 is 9.13 Å². The Morgan fingerprint density at radius 2 is 2.33 bits per heavy atom. The summed E-state index contributed by atoms with van der Waals surface area (Å²) in [4.78, 5) is 4.22. The molecule has 2 fully saturated rings. The second kappa shape index (κ2) is 5.22. The molecule has 1 saturated carbocycles. The average molecular weight is 250 g/mol. The van der Waals surface area contributed by atoms with Crippen molar-refractivity contribution in [3.63, 3.8) is 0 Å². The van der Waals surface area contributed by atoms with Gasteiger partial charge in [0.1, 0.15) is 12.4 Å². The van der Waals surface area contributed by atoms with Gasteiger partial charge < -0.3 is 10.1 Å². The topological polar surface area (TPSA) is 34.1 Å². The average Bonchev–Trinajstić information content (AvgIpc) is 3.07. The minimum atomic E-state index is -0.210. The Morgan fingerprint density at radius 1 is 1.44 bits per heavy atom. The molecule has 18 heavy (non-hydrogen) atoms. The van der Waals surface area contributed by atoms with Gasteiger partial charge in [-0.2, -0.15) is 0 Å². The van der Waals surface area contributed by atoms with Crippen molar-refractivity contribution in [3.05, 3.63) is 24.0 Å². The normalized spacial score (nSPS) is 29.7. The van der Waals surface area contributed by atoms with Gasteiger partial charge in [-0.25, -0.2) is 0 Å². The molecule has 2 aliphatic rings. The first-order chi connectivity index (χ1) is 8.86. The van der Waals surface area contributed by atoms with Gasteiger partial charge in [-0.15, -0.1) is 0 Å². The molecule has 0 spiro atoms. The van der Waals surface area contributed by atoms with E-state index in [1.54, 1.807) is 6.20 Å². The van der Waals surface area contributed by atoms with E-state index in [-0.39, 0.29) is 6.67 Å². The van der Waals surface area contributed by atoms with Crippen LogP contribution in [0.25, 0.3) is 0 Å². The van der Waals surface area contributed by atoms with Crippen molar-refractivity contribution in [1.82, 2.24) is 10.3 Å². The highest BCUT2D eigenvalue weighted by Gasteiger charge is 2.38. The molecule has 1 saturated heterocycles. The summed E-state index contributed by atoms with van der Waals surface area (Å²) in [5, 5.41) is 3.30. The van der Waals surface area contributed by atoms with Gasteiger partial charge in [0, 0.05) is 12.2 Å². The number of pyridine rings is 1. The molecule has 0 bridgehead atoms. The van der Waals surface area contributed by atoms with Gasteiger partial charge in [0.15, 0.2) is 0 Å². The highest BCUT2D eigenvalue weighted by atomic mass is 19.1. The minimum absolute atomic E-state index is 0.210. The van der Waals surface area contributed by atoms with Crippen molar-refractivity contribution >= 4 is 0 Å². The number of halogens is 1. The molecule has 3 rings (SSSR count). The molecule has 0 aromatic carbocycles. The van der Waals surface area contributed by atoms with Crippen LogP contribution in [0.15, 0.2) is 18.5 Å². The van der Waals surface area contributed by atoms with Gasteiger partial charge in [-0.05, 0) is 49.3 Å². The number of nitrogens with zero attached hydrogens (tertiary/aromatic N) is 1. The van der Waals surface area contributed by atoms with Gasteiger partial charge in [0.2, 0.25) is 0 Å². The lowest BCUT2D eigenvalue weighted by atomic mass is 10.1. The summed E-state index contributed by atoms with van der Waals surface area (Å²) >= 11 is 0. The molecule has 4 heteroatoms. The fourth-order valence-electron chi connectivity index (χ4n) is 2.52. The Labute approximate surface area is 107 Å². The molecule has 1 aliphatic heterocycles. The lowest BCUT2D eigenvalue weighted by Gasteiger charge is -2.27. The third-order valence-corrected chi connectivity index (χ3v) is 3.94. The van der Waals surface area contributed by atoms with Crippen LogP contribution in [-0.4, -0.2) is 30.9 Å². The Morgan fingerprint density at radius 3 is 3.06 bits per heavy atom. The van der Waals surface area contributed by atoms with Crippen LogP contribution >= 0.6 is 0 Å². The SMILES string of the molecule is FCC[C@@H]1C[C@@H]1c1cncc(OC[C@@H]2CCN2)c1. The lowest BCUT2D eigenvalue weighted by Crippen LogP contribution is -2.46. The predicted octanol–water partition coefficient (Wildman–Crippen LogP) is 2.29. The summed E-state index contributed by atoms with van der Waals surface area (Å²) in [5.74, 6) is 1.85. The van der Waals surface area contributed by atoms with Crippen LogP contribution in [0.3, 0.4) is 0 Å². The molecule has 1 aromatic rings. The molecule has 0 amide bonds. The van der Waals surface area contributed by atoms with Crippen molar-refractivity contribution in [2.24, 2.45) is 5.92 Å². The third kappa shape index (κ3) is 2.64. The molecule has 1 aromatic heterocycles.